The summed E-state index contributed by atoms with van der Waals surface area (Å²) in [5.74, 6) is 1.18. The largest absolute Gasteiger partial charge is 0.508 e. The van der Waals surface area contributed by atoms with Crippen LogP contribution in [0.1, 0.15) is 38.2 Å². The van der Waals surface area contributed by atoms with Crippen LogP contribution in [0.15, 0.2) is 24.3 Å². The number of phenolic OH excluding ortho intramolecular Hbond substituents is 1. The summed E-state index contributed by atoms with van der Waals surface area (Å²) in [6.45, 7) is 5.61. The third kappa shape index (κ3) is 2.84. The van der Waals surface area contributed by atoms with Crippen LogP contribution in [0.4, 0.5) is 0 Å². The third-order valence-electron chi connectivity index (χ3n) is 3.67. The van der Waals surface area contributed by atoms with E-state index in [4.69, 9.17) is 0 Å². The predicted molar refractivity (Wildman–Crippen MR) is 71.5 cm³/mol. The van der Waals surface area contributed by atoms with Crippen molar-refractivity contribution in [3.8, 4) is 5.75 Å². The van der Waals surface area contributed by atoms with E-state index < -0.39 is 0 Å². The van der Waals surface area contributed by atoms with E-state index in [1.165, 1.54) is 5.56 Å². The van der Waals surface area contributed by atoms with Gasteiger partial charge in [-0.05, 0) is 36.5 Å². The van der Waals surface area contributed by atoms with Gasteiger partial charge in [0.2, 0.25) is 5.91 Å². The Hall–Kier alpha value is -1.51. The molecule has 1 heterocycles. The highest BCUT2D eigenvalue weighted by atomic mass is 16.3. The van der Waals surface area contributed by atoms with Crippen molar-refractivity contribution >= 4 is 5.91 Å². The van der Waals surface area contributed by atoms with Crippen LogP contribution < -0.4 is 0 Å². The number of amides is 1. The fourth-order valence-electron chi connectivity index (χ4n) is 2.54. The van der Waals surface area contributed by atoms with E-state index in [9.17, 15) is 9.90 Å². The zero-order valence-corrected chi connectivity index (χ0v) is 11.1. The lowest BCUT2D eigenvalue weighted by Crippen LogP contribution is -2.40. The Morgan fingerprint density at radius 2 is 1.78 bits per heavy atom. The van der Waals surface area contributed by atoms with Crippen molar-refractivity contribution in [3.63, 3.8) is 0 Å². The maximum absolute atomic E-state index is 11.9. The molecule has 1 amide bonds. The fraction of sp³-hybridized carbons (Fsp3) is 0.533. The quantitative estimate of drug-likeness (QED) is 0.873. The van der Waals surface area contributed by atoms with Gasteiger partial charge in [0, 0.05) is 19.0 Å². The molecule has 2 rings (SSSR count). The van der Waals surface area contributed by atoms with E-state index in [0.29, 0.717) is 11.7 Å². The maximum atomic E-state index is 11.9. The summed E-state index contributed by atoms with van der Waals surface area (Å²) in [4.78, 5) is 13.9. The first-order chi connectivity index (χ1) is 8.58. The number of carbonyl (C=O) groups excluding carboxylic acids is 1. The number of phenols is 1. The number of rotatable bonds is 2. The summed E-state index contributed by atoms with van der Waals surface area (Å²) in [7, 11) is 0. The van der Waals surface area contributed by atoms with Gasteiger partial charge in [-0.2, -0.15) is 0 Å². The highest BCUT2D eigenvalue weighted by Gasteiger charge is 2.24. The van der Waals surface area contributed by atoms with Crippen molar-refractivity contribution in [1.29, 1.82) is 0 Å². The summed E-state index contributed by atoms with van der Waals surface area (Å²) >= 11 is 0. The van der Waals surface area contributed by atoms with E-state index in [2.05, 4.69) is 0 Å². The van der Waals surface area contributed by atoms with Gasteiger partial charge in [0.1, 0.15) is 5.75 Å². The normalized spacial score (nSPS) is 17.2. The first-order valence-corrected chi connectivity index (χ1v) is 6.65. The molecular formula is C15H21NO2. The van der Waals surface area contributed by atoms with Gasteiger partial charge >= 0.3 is 0 Å². The lowest BCUT2D eigenvalue weighted by molar-refractivity contribution is -0.135. The molecule has 1 aliphatic heterocycles. The zero-order chi connectivity index (χ0) is 13.1. The van der Waals surface area contributed by atoms with Gasteiger partial charge in [0.15, 0.2) is 0 Å². The standard InChI is InChI=1S/C15H21NO2/c1-11(2)15(18)16-9-7-13(8-10-16)12-3-5-14(17)6-4-12/h3-6,11,13,17H,7-10H2,1-2H3. The van der Waals surface area contributed by atoms with Crippen molar-refractivity contribution in [2.75, 3.05) is 13.1 Å². The minimum Gasteiger partial charge on any atom is -0.508 e. The van der Waals surface area contributed by atoms with Gasteiger partial charge in [0.05, 0.1) is 0 Å². The molecule has 1 saturated heterocycles. The van der Waals surface area contributed by atoms with E-state index in [-0.39, 0.29) is 11.8 Å². The number of piperidine rings is 1. The van der Waals surface area contributed by atoms with Crippen LogP contribution in [-0.4, -0.2) is 29.0 Å². The maximum Gasteiger partial charge on any atom is 0.225 e. The Kier molecular flexibility index (Phi) is 3.90. The molecule has 3 heteroatoms. The number of nitrogens with zero attached hydrogens (tertiary/aromatic N) is 1. The molecular weight excluding hydrogens is 226 g/mol. The zero-order valence-electron chi connectivity index (χ0n) is 11.1. The molecule has 0 bridgehead atoms. The van der Waals surface area contributed by atoms with Gasteiger partial charge in [0.25, 0.3) is 0 Å². The molecule has 18 heavy (non-hydrogen) atoms. The molecule has 0 aromatic heterocycles. The average molecular weight is 247 g/mol. The predicted octanol–water partition coefficient (Wildman–Crippen LogP) is 2.75. The van der Waals surface area contributed by atoms with Crippen molar-refractivity contribution in [3.05, 3.63) is 29.8 Å². The Morgan fingerprint density at radius 3 is 2.28 bits per heavy atom. The van der Waals surface area contributed by atoms with Crippen molar-refractivity contribution in [2.24, 2.45) is 5.92 Å². The average Bonchev–Trinajstić information content (AvgIpc) is 2.39. The molecule has 1 N–H and O–H groups in total. The van der Waals surface area contributed by atoms with Gasteiger partial charge in [-0.25, -0.2) is 0 Å². The molecule has 1 aromatic carbocycles. The first kappa shape index (κ1) is 12.9. The summed E-state index contributed by atoms with van der Waals surface area (Å²) in [5, 5.41) is 9.28. The number of likely N-dealkylation sites (tertiary alicyclic amines) is 1. The number of carbonyl (C=O) groups is 1. The molecule has 3 nitrogen and oxygen atoms in total. The molecule has 0 aliphatic carbocycles. The second-order valence-electron chi connectivity index (χ2n) is 5.35. The number of benzene rings is 1. The van der Waals surface area contributed by atoms with E-state index in [1.54, 1.807) is 12.1 Å². The Morgan fingerprint density at radius 1 is 1.22 bits per heavy atom. The molecule has 1 fully saturated rings. The minimum atomic E-state index is 0.0928. The smallest absolute Gasteiger partial charge is 0.225 e. The molecule has 98 valence electrons. The van der Waals surface area contributed by atoms with Crippen molar-refractivity contribution in [2.45, 2.75) is 32.6 Å². The summed E-state index contributed by atoms with van der Waals surface area (Å²) in [5.41, 5.74) is 1.27. The van der Waals surface area contributed by atoms with Crippen molar-refractivity contribution in [1.82, 2.24) is 4.90 Å². The van der Waals surface area contributed by atoms with Crippen LogP contribution in [0.3, 0.4) is 0 Å². The Balaban J connectivity index is 1.94. The summed E-state index contributed by atoms with van der Waals surface area (Å²) in [6, 6.07) is 7.45. The van der Waals surface area contributed by atoms with E-state index in [1.807, 2.05) is 30.9 Å². The van der Waals surface area contributed by atoms with Crippen LogP contribution in [-0.2, 0) is 4.79 Å². The lowest BCUT2D eigenvalue weighted by atomic mass is 9.89. The Labute approximate surface area is 108 Å². The summed E-state index contributed by atoms with van der Waals surface area (Å²) in [6.07, 6.45) is 2.03. The summed E-state index contributed by atoms with van der Waals surface area (Å²) < 4.78 is 0. The van der Waals surface area contributed by atoms with Crippen molar-refractivity contribution < 1.29 is 9.90 Å². The van der Waals surface area contributed by atoms with Crippen LogP contribution in [0.2, 0.25) is 0 Å². The molecule has 0 radical (unpaired) electrons. The van der Waals surface area contributed by atoms with E-state index in [0.717, 1.165) is 25.9 Å². The second kappa shape index (κ2) is 5.42. The van der Waals surface area contributed by atoms with E-state index >= 15 is 0 Å². The van der Waals surface area contributed by atoms with Crippen LogP contribution in [0, 0.1) is 5.92 Å². The SMILES string of the molecule is CC(C)C(=O)N1CCC(c2ccc(O)cc2)CC1. The molecule has 1 aromatic rings. The van der Waals surface area contributed by atoms with Gasteiger partial charge in [-0.3, -0.25) is 4.79 Å². The third-order valence-corrected chi connectivity index (χ3v) is 3.67. The lowest BCUT2D eigenvalue weighted by Gasteiger charge is -2.33. The monoisotopic (exact) mass is 247 g/mol. The van der Waals surface area contributed by atoms with Gasteiger partial charge in [-0.15, -0.1) is 0 Å². The highest BCUT2D eigenvalue weighted by molar-refractivity contribution is 5.78. The van der Waals surface area contributed by atoms with Gasteiger partial charge < -0.3 is 10.0 Å². The first-order valence-electron chi connectivity index (χ1n) is 6.65. The molecule has 0 atom stereocenters. The van der Waals surface area contributed by atoms with Crippen LogP contribution in [0.25, 0.3) is 0 Å². The minimum absolute atomic E-state index is 0.0928. The van der Waals surface area contributed by atoms with Gasteiger partial charge in [-0.1, -0.05) is 26.0 Å². The second-order valence-corrected chi connectivity index (χ2v) is 5.35. The highest BCUT2D eigenvalue weighted by Crippen LogP contribution is 2.29. The Bertz CT molecular complexity index is 403. The molecule has 0 spiro atoms. The number of hydrogen-bond donors (Lipinski definition) is 1. The molecule has 0 unspecified atom stereocenters. The number of aromatic hydroxyl groups is 1. The molecule has 1 aliphatic rings. The topological polar surface area (TPSA) is 40.5 Å². The van der Waals surface area contributed by atoms with Crippen LogP contribution in [0.5, 0.6) is 5.75 Å². The van der Waals surface area contributed by atoms with Crippen LogP contribution >= 0.6 is 0 Å². The molecule has 0 saturated carbocycles. The number of hydrogen-bond acceptors (Lipinski definition) is 2. The fourth-order valence-corrected chi connectivity index (χ4v) is 2.54.